The standard InChI is InChI=1S/C21H26N4O.HI/c1-16(2)26-20-10-8-18(9-11-20)24-21(22)23-15-17-6-5-7-19(14-17)25-12-3-4-13-25;/h3-11,14,16H,12-13,15H2,1-2H3,(H3,22,23,24);1H. The third-order valence-electron chi connectivity index (χ3n) is 4.02. The number of nitrogens with two attached hydrogens (primary N) is 1. The van der Waals surface area contributed by atoms with Crippen LogP contribution in [0.4, 0.5) is 11.4 Å². The molecule has 5 nitrogen and oxygen atoms in total. The molecule has 0 atom stereocenters. The van der Waals surface area contributed by atoms with Crippen LogP contribution < -0.4 is 20.7 Å². The van der Waals surface area contributed by atoms with E-state index >= 15 is 0 Å². The van der Waals surface area contributed by atoms with Gasteiger partial charge in [-0.2, -0.15) is 0 Å². The van der Waals surface area contributed by atoms with Crippen LogP contribution in [0.25, 0.3) is 0 Å². The summed E-state index contributed by atoms with van der Waals surface area (Å²) < 4.78 is 5.64. The summed E-state index contributed by atoms with van der Waals surface area (Å²) in [5.41, 5.74) is 9.26. The second-order valence-corrected chi connectivity index (χ2v) is 6.56. The van der Waals surface area contributed by atoms with Crippen molar-refractivity contribution in [2.24, 2.45) is 10.7 Å². The Balaban J connectivity index is 0.00000261. The minimum Gasteiger partial charge on any atom is -0.491 e. The van der Waals surface area contributed by atoms with Crippen LogP contribution in [0.2, 0.25) is 0 Å². The molecule has 0 aliphatic carbocycles. The van der Waals surface area contributed by atoms with Gasteiger partial charge >= 0.3 is 0 Å². The molecule has 2 aromatic rings. The third-order valence-corrected chi connectivity index (χ3v) is 4.02. The number of aliphatic imine (C=N–C) groups is 1. The van der Waals surface area contributed by atoms with Gasteiger partial charge in [-0.1, -0.05) is 24.3 Å². The van der Waals surface area contributed by atoms with Crippen molar-refractivity contribution in [3.8, 4) is 5.75 Å². The van der Waals surface area contributed by atoms with Crippen LogP contribution in [0.3, 0.4) is 0 Å². The first-order chi connectivity index (χ1) is 12.6. The van der Waals surface area contributed by atoms with Gasteiger partial charge in [0.05, 0.1) is 12.6 Å². The number of guanidine groups is 1. The molecule has 3 rings (SSSR count). The van der Waals surface area contributed by atoms with Crippen molar-refractivity contribution in [3.63, 3.8) is 0 Å². The number of nitrogens with one attached hydrogen (secondary N) is 1. The van der Waals surface area contributed by atoms with Crippen LogP contribution in [-0.2, 0) is 6.54 Å². The average molecular weight is 478 g/mol. The van der Waals surface area contributed by atoms with Crippen LogP contribution in [0.5, 0.6) is 5.75 Å². The molecule has 6 heteroatoms. The molecule has 2 aromatic carbocycles. The largest absolute Gasteiger partial charge is 0.491 e. The fourth-order valence-electron chi connectivity index (χ4n) is 2.79. The molecule has 1 aliphatic rings. The molecule has 0 bridgehead atoms. The van der Waals surface area contributed by atoms with Gasteiger partial charge in [-0.25, -0.2) is 4.99 Å². The molecule has 0 spiro atoms. The van der Waals surface area contributed by atoms with Gasteiger partial charge in [-0.05, 0) is 55.8 Å². The van der Waals surface area contributed by atoms with E-state index in [1.54, 1.807) is 0 Å². The highest BCUT2D eigenvalue weighted by Gasteiger charge is 2.07. The van der Waals surface area contributed by atoms with Gasteiger partial charge in [0.1, 0.15) is 5.75 Å². The number of hydrogen-bond acceptors (Lipinski definition) is 3. The zero-order valence-corrected chi connectivity index (χ0v) is 18.1. The molecule has 0 fully saturated rings. The Bertz CT molecular complexity index is 779. The molecule has 0 saturated heterocycles. The lowest BCUT2D eigenvalue weighted by atomic mass is 10.2. The summed E-state index contributed by atoms with van der Waals surface area (Å²) in [4.78, 5) is 6.76. The zero-order chi connectivity index (χ0) is 18.4. The van der Waals surface area contributed by atoms with E-state index in [4.69, 9.17) is 10.5 Å². The fourth-order valence-corrected chi connectivity index (χ4v) is 2.79. The minimum absolute atomic E-state index is 0. The molecule has 1 heterocycles. The van der Waals surface area contributed by atoms with Crippen molar-refractivity contribution in [2.45, 2.75) is 26.5 Å². The summed E-state index contributed by atoms with van der Waals surface area (Å²) in [6.45, 7) is 6.49. The molecule has 27 heavy (non-hydrogen) atoms. The summed E-state index contributed by atoms with van der Waals surface area (Å²) in [6, 6.07) is 16.1. The van der Waals surface area contributed by atoms with Crippen molar-refractivity contribution < 1.29 is 4.74 Å². The maximum absolute atomic E-state index is 6.02. The van der Waals surface area contributed by atoms with Gasteiger partial charge in [0.25, 0.3) is 0 Å². The lowest BCUT2D eigenvalue weighted by Crippen LogP contribution is -2.22. The van der Waals surface area contributed by atoms with E-state index in [9.17, 15) is 0 Å². The molecule has 0 saturated carbocycles. The molecule has 0 aromatic heterocycles. The van der Waals surface area contributed by atoms with Crippen molar-refractivity contribution in [1.29, 1.82) is 0 Å². The van der Waals surface area contributed by atoms with E-state index in [1.165, 1.54) is 5.69 Å². The summed E-state index contributed by atoms with van der Waals surface area (Å²) >= 11 is 0. The number of ether oxygens (including phenoxy) is 1. The molecule has 0 radical (unpaired) electrons. The monoisotopic (exact) mass is 478 g/mol. The lowest BCUT2D eigenvalue weighted by Gasteiger charge is -2.18. The van der Waals surface area contributed by atoms with Crippen molar-refractivity contribution in [2.75, 3.05) is 23.3 Å². The van der Waals surface area contributed by atoms with Crippen molar-refractivity contribution in [1.82, 2.24) is 0 Å². The molecule has 0 unspecified atom stereocenters. The lowest BCUT2D eigenvalue weighted by molar-refractivity contribution is 0.242. The highest BCUT2D eigenvalue weighted by atomic mass is 127. The van der Waals surface area contributed by atoms with E-state index < -0.39 is 0 Å². The Hall–Kier alpha value is -2.22. The predicted molar refractivity (Wildman–Crippen MR) is 124 cm³/mol. The normalized spacial score (nSPS) is 13.6. The number of halogens is 1. The minimum atomic E-state index is 0. The van der Waals surface area contributed by atoms with Crippen LogP contribution >= 0.6 is 24.0 Å². The Kier molecular flexibility index (Phi) is 7.97. The Morgan fingerprint density at radius 1 is 1.15 bits per heavy atom. The summed E-state index contributed by atoms with van der Waals surface area (Å²) in [7, 11) is 0. The van der Waals surface area contributed by atoms with Gasteiger partial charge in [-0.15, -0.1) is 24.0 Å². The van der Waals surface area contributed by atoms with Gasteiger partial charge < -0.3 is 20.7 Å². The zero-order valence-electron chi connectivity index (χ0n) is 15.8. The highest BCUT2D eigenvalue weighted by molar-refractivity contribution is 14.0. The smallest absolute Gasteiger partial charge is 0.193 e. The van der Waals surface area contributed by atoms with E-state index in [-0.39, 0.29) is 30.1 Å². The van der Waals surface area contributed by atoms with Gasteiger partial charge in [0.15, 0.2) is 5.96 Å². The van der Waals surface area contributed by atoms with Gasteiger partial charge in [0, 0.05) is 24.5 Å². The third kappa shape index (κ3) is 6.46. The number of anilines is 2. The van der Waals surface area contributed by atoms with Crippen molar-refractivity contribution >= 4 is 41.3 Å². The van der Waals surface area contributed by atoms with Crippen LogP contribution in [0.1, 0.15) is 19.4 Å². The highest BCUT2D eigenvalue weighted by Crippen LogP contribution is 2.19. The molecule has 144 valence electrons. The maximum atomic E-state index is 6.02. The van der Waals surface area contributed by atoms with Crippen LogP contribution in [0, 0.1) is 0 Å². The first-order valence-electron chi connectivity index (χ1n) is 8.93. The molecule has 1 aliphatic heterocycles. The summed E-state index contributed by atoms with van der Waals surface area (Å²) in [5.74, 6) is 1.24. The second-order valence-electron chi connectivity index (χ2n) is 6.56. The number of benzene rings is 2. The van der Waals surface area contributed by atoms with E-state index in [1.807, 2.05) is 38.1 Å². The topological polar surface area (TPSA) is 62.9 Å². The first-order valence-corrected chi connectivity index (χ1v) is 8.93. The summed E-state index contributed by atoms with van der Waals surface area (Å²) in [6.07, 6.45) is 4.53. The van der Waals surface area contributed by atoms with Gasteiger partial charge in [-0.3, -0.25) is 0 Å². The molecular formula is C21H27IN4O. The second kappa shape index (κ2) is 10.2. The summed E-state index contributed by atoms with van der Waals surface area (Å²) in [5, 5.41) is 3.11. The van der Waals surface area contributed by atoms with Crippen molar-refractivity contribution in [3.05, 3.63) is 66.2 Å². The SMILES string of the molecule is CC(C)Oc1ccc(NC(N)=NCc2cccc(N3CC=CC3)c2)cc1.I. The van der Waals surface area contributed by atoms with Gasteiger partial charge in [0.2, 0.25) is 0 Å². The Morgan fingerprint density at radius 3 is 2.52 bits per heavy atom. The molecule has 3 N–H and O–H groups in total. The number of hydrogen-bond donors (Lipinski definition) is 2. The quantitative estimate of drug-likeness (QED) is 0.280. The number of rotatable bonds is 6. The van der Waals surface area contributed by atoms with E-state index in [0.717, 1.165) is 30.1 Å². The number of nitrogens with zero attached hydrogens (tertiary/aromatic N) is 2. The van der Waals surface area contributed by atoms with E-state index in [0.29, 0.717) is 12.5 Å². The first kappa shape index (κ1) is 21.1. The van der Waals surface area contributed by atoms with Crippen LogP contribution in [-0.4, -0.2) is 25.2 Å². The fraction of sp³-hybridized carbons (Fsp3) is 0.286. The van der Waals surface area contributed by atoms with Crippen LogP contribution in [0.15, 0.2) is 65.7 Å². The average Bonchev–Trinajstić information content (AvgIpc) is 3.16. The van der Waals surface area contributed by atoms with E-state index in [2.05, 4.69) is 51.6 Å². The predicted octanol–water partition coefficient (Wildman–Crippen LogP) is 4.39. The maximum Gasteiger partial charge on any atom is 0.193 e. The molecular weight excluding hydrogens is 451 g/mol. The Labute approximate surface area is 178 Å². The molecule has 0 amide bonds. The Morgan fingerprint density at radius 2 is 1.85 bits per heavy atom.